The van der Waals surface area contributed by atoms with Gasteiger partial charge in [0.15, 0.2) is 11.6 Å². The summed E-state index contributed by atoms with van der Waals surface area (Å²) in [6.45, 7) is 6.83. The number of likely N-dealkylation sites (tertiary alicyclic amines) is 1. The zero-order valence-electron chi connectivity index (χ0n) is 26.6. The molecule has 2 aromatic carbocycles. The molecule has 0 radical (unpaired) electrons. The smallest absolute Gasteiger partial charge is 0.217 e. The highest BCUT2D eigenvalue weighted by atomic mass is 19.1. The van der Waals surface area contributed by atoms with Crippen molar-refractivity contribution in [2.45, 2.75) is 70.3 Å². The topological polar surface area (TPSA) is 96.6 Å². The number of rotatable bonds is 8. The molecule has 9 heteroatoms. The van der Waals surface area contributed by atoms with E-state index in [2.05, 4.69) is 38.1 Å². The molecule has 1 unspecified atom stereocenters. The second-order valence-electron chi connectivity index (χ2n) is 13.9. The molecule has 4 aliphatic rings. The van der Waals surface area contributed by atoms with Gasteiger partial charge in [-0.05, 0) is 117 Å². The Morgan fingerprint density at radius 1 is 1.04 bits per heavy atom. The summed E-state index contributed by atoms with van der Waals surface area (Å²) in [5, 5.41) is 3.10. The van der Waals surface area contributed by atoms with E-state index in [1.54, 1.807) is 31.6 Å². The molecule has 1 aromatic heterocycles. The molecule has 1 spiro atoms. The molecular weight excluding hydrogens is 579 g/mol. The first kappa shape index (κ1) is 30.5. The number of aromatic nitrogens is 2. The van der Waals surface area contributed by atoms with Crippen LogP contribution < -0.4 is 20.7 Å². The maximum absolute atomic E-state index is 14.7. The number of carbonyl (C=O) groups is 1. The standard InChI is InChI=1S/C37H43FN6O2/c1-25(45)42-30-8-2-27(3-9-30)21-43-16-13-37(22-43)14-17-44(23-37)36-35(20-40-24-41-36)46-34-11-7-29(38)19-33(34)31-10-4-26(12-15-39)18-32(31)28-5-6-28/h4,7,10-11,18-20,24,27-28,30H,2-3,5-6,8-9,13-14,16-17,21-23,39H2,1H3,(H,42,45). The number of nitrogens with zero attached hydrogens (tertiary/aromatic N) is 4. The summed E-state index contributed by atoms with van der Waals surface area (Å²) in [7, 11) is 0. The molecule has 46 heavy (non-hydrogen) atoms. The van der Waals surface area contributed by atoms with Crippen LogP contribution >= 0.6 is 0 Å². The molecule has 1 atom stereocenters. The van der Waals surface area contributed by atoms with Crippen molar-refractivity contribution in [1.29, 1.82) is 0 Å². The highest BCUT2D eigenvalue weighted by molar-refractivity contribution is 5.76. The Bertz CT molecular complexity index is 1660. The Morgan fingerprint density at radius 2 is 1.87 bits per heavy atom. The molecule has 3 aromatic rings. The molecular formula is C37H43FN6O2. The monoisotopic (exact) mass is 622 g/mol. The third-order valence-corrected chi connectivity index (χ3v) is 10.4. The highest BCUT2D eigenvalue weighted by Crippen LogP contribution is 2.48. The summed E-state index contributed by atoms with van der Waals surface area (Å²) < 4.78 is 21.3. The van der Waals surface area contributed by atoms with E-state index < -0.39 is 0 Å². The predicted octanol–water partition coefficient (Wildman–Crippen LogP) is 5.82. The van der Waals surface area contributed by atoms with Crippen molar-refractivity contribution in [2.75, 3.05) is 37.6 Å². The van der Waals surface area contributed by atoms with Gasteiger partial charge in [-0.1, -0.05) is 6.07 Å². The first-order valence-corrected chi connectivity index (χ1v) is 16.8. The fourth-order valence-electron chi connectivity index (χ4n) is 8.02. The van der Waals surface area contributed by atoms with E-state index in [0.717, 1.165) is 87.3 Å². The molecule has 8 nitrogen and oxygen atoms in total. The predicted molar refractivity (Wildman–Crippen MR) is 177 cm³/mol. The Hall–Kier alpha value is -4.16. The lowest BCUT2D eigenvalue weighted by Crippen LogP contribution is -2.39. The van der Waals surface area contributed by atoms with Gasteiger partial charge in [-0.3, -0.25) is 4.79 Å². The summed E-state index contributed by atoms with van der Waals surface area (Å²) in [4.78, 5) is 25.5. The summed E-state index contributed by atoms with van der Waals surface area (Å²) in [6, 6.07) is 13.5. The first-order valence-electron chi connectivity index (χ1n) is 16.8. The quantitative estimate of drug-likeness (QED) is 0.242. The Morgan fingerprint density at radius 3 is 2.65 bits per heavy atom. The van der Waals surface area contributed by atoms with Crippen LogP contribution in [-0.4, -0.2) is 59.5 Å². The van der Waals surface area contributed by atoms with Gasteiger partial charge in [0, 0.05) is 61.7 Å². The summed E-state index contributed by atoms with van der Waals surface area (Å²) in [6.07, 6.45) is 12.3. The minimum absolute atomic E-state index is 0.0814. The third kappa shape index (κ3) is 6.68. The maximum Gasteiger partial charge on any atom is 0.217 e. The van der Waals surface area contributed by atoms with Gasteiger partial charge in [0.1, 0.15) is 17.9 Å². The number of carbonyl (C=O) groups excluding carboxylic acids is 1. The lowest BCUT2D eigenvalue weighted by atomic mass is 9.85. The van der Waals surface area contributed by atoms with Gasteiger partial charge in [0.25, 0.3) is 0 Å². The van der Waals surface area contributed by atoms with Crippen molar-refractivity contribution >= 4 is 11.7 Å². The van der Waals surface area contributed by atoms with Gasteiger partial charge in [0.2, 0.25) is 5.91 Å². The molecule has 3 N–H and O–H groups in total. The normalized spacial score (nSPS) is 24.5. The second kappa shape index (κ2) is 12.9. The van der Waals surface area contributed by atoms with Crippen molar-refractivity contribution in [3.63, 3.8) is 0 Å². The molecule has 7 rings (SSSR count). The van der Waals surface area contributed by atoms with E-state index in [1.807, 2.05) is 12.1 Å². The molecule has 1 amide bonds. The summed E-state index contributed by atoms with van der Waals surface area (Å²) in [5.41, 5.74) is 9.39. The van der Waals surface area contributed by atoms with E-state index in [9.17, 15) is 9.18 Å². The van der Waals surface area contributed by atoms with E-state index in [1.165, 1.54) is 25.3 Å². The van der Waals surface area contributed by atoms with Crippen LogP contribution in [0.2, 0.25) is 0 Å². The van der Waals surface area contributed by atoms with Gasteiger partial charge in [0.05, 0.1) is 6.20 Å². The number of nitrogens with two attached hydrogens (primary N) is 1. The average molecular weight is 623 g/mol. The minimum Gasteiger partial charge on any atom is -0.451 e. The van der Waals surface area contributed by atoms with Crippen LogP contribution in [-0.2, 0) is 4.79 Å². The van der Waals surface area contributed by atoms with E-state index in [4.69, 9.17) is 15.5 Å². The van der Waals surface area contributed by atoms with Gasteiger partial charge >= 0.3 is 0 Å². The number of hydrogen-bond donors (Lipinski definition) is 2. The van der Waals surface area contributed by atoms with Crippen molar-refractivity contribution in [1.82, 2.24) is 20.2 Å². The van der Waals surface area contributed by atoms with Crippen LogP contribution in [0.25, 0.3) is 11.1 Å². The van der Waals surface area contributed by atoms with Gasteiger partial charge in [-0.2, -0.15) is 0 Å². The lowest BCUT2D eigenvalue weighted by Gasteiger charge is -2.32. The molecule has 2 saturated heterocycles. The van der Waals surface area contributed by atoms with Crippen LogP contribution in [0.4, 0.5) is 10.2 Å². The van der Waals surface area contributed by atoms with Gasteiger partial charge in [-0.15, -0.1) is 0 Å². The number of anilines is 1. The van der Waals surface area contributed by atoms with E-state index in [0.29, 0.717) is 34.9 Å². The maximum atomic E-state index is 14.7. The van der Waals surface area contributed by atoms with Crippen LogP contribution in [0.1, 0.15) is 75.3 Å². The van der Waals surface area contributed by atoms with Crippen molar-refractivity contribution < 1.29 is 13.9 Å². The lowest BCUT2D eigenvalue weighted by molar-refractivity contribution is -0.119. The van der Waals surface area contributed by atoms with E-state index in [-0.39, 0.29) is 17.1 Å². The van der Waals surface area contributed by atoms with Crippen LogP contribution in [0, 0.1) is 29.1 Å². The van der Waals surface area contributed by atoms with Gasteiger partial charge < -0.3 is 25.6 Å². The van der Waals surface area contributed by atoms with Crippen LogP contribution in [0.15, 0.2) is 48.9 Å². The van der Waals surface area contributed by atoms with Crippen LogP contribution in [0.5, 0.6) is 11.5 Å². The Kier molecular flexibility index (Phi) is 8.56. The molecule has 4 fully saturated rings. The fourth-order valence-corrected chi connectivity index (χ4v) is 8.02. The molecule has 2 saturated carbocycles. The van der Waals surface area contributed by atoms with Crippen molar-refractivity contribution in [3.05, 3.63) is 65.9 Å². The SMILES string of the molecule is CC(=O)NC1CCC(CN2CCC3(CCN(c4ncncc4Oc4ccc(F)cc4-c4ccc(C#CN)cc4C4CC4)C3)C2)CC1. The number of halogens is 1. The minimum atomic E-state index is -0.312. The molecule has 2 aliphatic heterocycles. The van der Waals surface area contributed by atoms with Gasteiger partial charge in [-0.25, -0.2) is 14.4 Å². The highest BCUT2D eigenvalue weighted by Gasteiger charge is 2.44. The zero-order valence-corrected chi connectivity index (χ0v) is 26.6. The number of amides is 1. The van der Waals surface area contributed by atoms with Crippen molar-refractivity contribution in [2.24, 2.45) is 17.1 Å². The third-order valence-electron chi connectivity index (χ3n) is 10.4. The van der Waals surface area contributed by atoms with Crippen molar-refractivity contribution in [3.8, 4) is 34.6 Å². The summed E-state index contributed by atoms with van der Waals surface area (Å²) >= 11 is 0. The number of hydrogen-bond acceptors (Lipinski definition) is 7. The Balaban J connectivity index is 1.05. The average Bonchev–Trinajstić information content (AvgIpc) is 3.71. The first-order chi connectivity index (χ1) is 22.4. The largest absolute Gasteiger partial charge is 0.451 e. The Labute approximate surface area is 270 Å². The molecule has 2 aliphatic carbocycles. The molecule has 3 heterocycles. The number of ether oxygens (including phenoxy) is 1. The van der Waals surface area contributed by atoms with E-state index >= 15 is 0 Å². The molecule has 240 valence electrons. The number of nitrogens with one attached hydrogen (secondary N) is 1. The number of benzene rings is 2. The summed E-state index contributed by atoms with van der Waals surface area (Å²) in [5.74, 6) is 5.79. The zero-order chi connectivity index (χ0) is 31.7. The second-order valence-corrected chi connectivity index (χ2v) is 13.9. The van der Waals surface area contributed by atoms with Crippen LogP contribution in [0.3, 0.4) is 0 Å². The molecule has 0 bridgehead atoms. The fraction of sp³-hybridized carbons (Fsp3) is 0.486.